The van der Waals surface area contributed by atoms with Crippen molar-refractivity contribution < 1.29 is 13.6 Å². The van der Waals surface area contributed by atoms with Gasteiger partial charge in [0.1, 0.15) is 11.6 Å². The summed E-state index contributed by atoms with van der Waals surface area (Å²) in [6, 6.07) is 10.6. The monoisotopic (exact) mass is 350 g/mol. The second-order valence-electron chi connectivity index (χ2n) is 5.86. The van der Waals surface area contributed by atoms with Crippen molar-refractivity contribution in [3.05, 3.63) is 70.2 Å². The SMILES string of the molecule is O=C(c1cc(F)cc(F)c1)N1CCN(Cc2cccc(Cl)c2)CC1. The van der Waals surface area contributed by atoms with Gasteiger partial charge in [-0.2, -0.15) is 0 Å². The second-order valence-corrected chi connectivity index (χ2v) is 6.29. The molecule has 6 heteroatoms. The first-order chi connectivity index (χ1) is 11.5. The molecule has 126 valence electrons. The lowest BCUT2D eigenvalue weighted by Gasteiger charge is -2.34. The molecular weight excluding hydrogens is 334 g/mol. The average Bonchev–Trinajstić information content (AvgIpc) is 2.54. The van der Waals surface area contributed by atoms with Crippen LogP contribution >= 0.6 is 11.6 Å². The zero-order valence-electron chi connectivity index (χ0n) is 13.0. The molecule has 0 spiro atoms. The topological polar surface area (TPSA) is 23.6 Å². The van der Waals surface area contributed by atoms with E-state index in [0.29, 0.717) is 31.2 Å². The molecule has 0 radical (unpaired) electrons. The number of nitrogens with zero attached hydrogens (tertiary/aromatic N) is 2. The molecule has 1 aliphatic rings. The van der Waals surface area contributed by atoms with Gasteiger partial charge in [0.15, 0.2) is 0 Å². The number of amides is 1. The van der Waals surface area contributed by atoms with E-state index in [1.165, 1.54) is 0 Å². The Labute approximate surface area is 144 Å². The molecule has 0 aromatic heterocycles. The Bertz CT molecular complexity index is 725. The van der Waals surface area contributed by atoms with Gasteiger partial charge in [0.2, 0.25) is 0 Å². The first kappa shape index (κ1) is 16.9. The van der Waals surface area contributed by atoms with Crippen molar-refractivity contribution in [3.63, 3.8) is 0 Å². The number of carbonyl (C=O) groups is 1. The molecule has 3 rings (SSSR count). The zero-order valence-corrected chi connectivity index (χ0v) is 13.8. The van der Waals surface area contributed by atoms with E-state index in [1.54, 1.807) is 4.90 Å². The van der Waals surface area contributed by atoms with Crippen LogP contribution in [-0.4, -0.2) is 41.9 Å². The van der Waals surface area contributed by atoms with Gasteiger partial charge < -0.3 is 4.90 Å². The molecule has 2 aromatic rings. The van der Waals surface area contributed by atoms with Crippen LogP contribution in [0.25, 0.3) is 0 Å². The van der Waals surface area contributed by atoms with Crippen molar-refractivity contribution >= 4 is 17.5 Å². The van der Waals surface area contributed by atoms with E-state index in [2.05, 4.69) is 4.90 Å². The summed E-state index contributed by atoms with van der Waals surface area (Å²) < 4.78 is 26.5. The fraction of sp³-hybridized carbons (Fsp3) is 0.278. The first-order valence-corrected chi connectivity index (χ1v) is 8.11. The molecule has 0 unspecified atom stereocenters. The molecule has 0 bridgehead atoms. The third-order valence-corrected chi connectivity index (χ3v) is 4.30. The van der Waals surface area contributed by atoms with Crippen molar-refractivity contribution in [1.82, 2.24) is 9.80 Å². The summed E-state index contributed by atoms with van der Waals surface area (Å²) in [4.78, 5) is 16.2. The molecule has 2 aromatic carbocycles. The van der Waals surface area contributed by atoms with Crippen LogP contribution in [0.1, 0.15) is 15.9 Å². The van der Waals surface area contributed by atoms with E-state index in [-0.39, 0.29) is 11.5 Å². The van der Waals surface area contributed by atoms with Crippen LogP contribution in [0.15, 0.2) is 42.5 Å². The minimum Gasteiger partial charge on any atom is -0.336 e. The molecule has 1 aliphatic heterocycles. The number of benzene rings is 2. The van der Waals surface area contributed by atoms with Gasteiger partial charge >= 0.3 is 0 Å². The smallest absolute Gasteiger partial charge is 0.254 e. The van der Waals surface area contributed by atoms with Crippen LogP contribution in [0.4, 0.5) is 8.78 Å². The highest BCUT2D eigenvalue weighted by molar-refractivity contribution is 6.30. The maximum Gasteiger partial charge on any atom is 0.254 e. The molecule has 0 N–H and O–H groups in total. The molecular formula is C18H17ClF2N2O. The zero-order chi connectivity index (χ0) is 17.1. The average molecular weight is 351 g/mol. The molecule has 1 amide bonds. The highest BCUT2D eigenvalue weighted by Crippen LogP contribution is 2.16. The lowest BCUT2D eigenvalue weighted by atomic mass is 10.1. The normalized spacial score (nSPS) is 15.5. The third-order valence-electron chi connectivity index (χ3n) is 4.06. The van der Waals surface area contributed by atoms with Gasteiger partial charge in [0, 0.05) is 49.4 Å². The maximum absolute atomic E-state index is 13.3. The van der Waals surface area contributed by atoms with Gasteiger partial charge in [-0.3, -0.25) is 9.69 Å². The van der Waals surface area contributed by atoms with Crippen LogP contribution in [-0.2, 0) is 6.54 Å². The molecule has 0 atom stereocenters. The fourth-order valence-electron chi connectivity index (χ4n) is 2.86. The van der Waals surface area contributed by atoms with E-state index in [1.807, 2.05) is 24.3 Å². The number of piperazine rings is 1. The lowest BCUT2D eigenvalue weighted by Crippen LogP contribution is -2.48. The number of hydrogen-bond acceptors (Lipinski definition) is 2. The highest BCUT2D eigenvalue weighted by Gasteiger charge is 2.23. The fourth-order valence-corrected chi connectivity index (χ4v) is 3.08. The van der Waals surface area contributed by atoms with Crippen molar-refractivity contribution in [2.24, 2.45) is 0 Å². The summed E-state index contributed by atoms with van der Waals surface area (Å²) in [5.74, 6) is -1.81. The van der Waals surface area contributed by atoms with Gasteiger partial charge in [-0.05, 0) is 29.8 Å². The number of carbonyl (C=O) groups excluding carboxylic acids is 1. The summed E-state index contributed by atoms with van der Waals surface area (Å²) in [5, 5.41) is 0.703. The van der Waals surface area contributed by atoms with Crippen LogP contribution in [0.2, 0.25) is 5.02 Å². The summed E-state index contributed by atoms with van der Waals surface area (Å²) in [6.07, 6.45) is 0. The predicted molar refractivity (Wildman–Crippen MR) is 89.0 cm³/mol. The van der Waals surface area contributed by atoms with Crippen LogP contribution < -0.4 is 0 Å². The number of hydrogen-bond donors (Lipinski definition) is 0. The second kappa shape index (κ2) is 7.28. The van der Waals surface area contributed by atoms with Crippen molar-refractivity contribution in [2.75, 3.05) is 26.2 Å². The minimum absolute atomic E-state index is 0.0517. The Morgan fingerprint density at radius 1 is 1.00 bits per heavy atom. The maximum atomic E-state index is 13.3. The largest absolute Gasteiger partial charge is 0.336 e. The van der Waals surface area contributed by atoms with Crippen molar-refractivity contribution in [1.29, 1.82) is 0 Å². The van der Waals surface area contributed by atoms with Gasteiger partial charge in [0.25, 0.3) is 5.91 Å². The molecule has 1 heterocycles. The van der Waals surface area contributed by atoms with Crippen LogP contribution in [0.3, 0.4) is 0 Å². The van der Waals surface area contributed by atoms with E-state index in [0.717, 1.165) is 30.3 Å². The van der Waals surface area contributed by atoms with Gasteiger partial charge in [-0.1, -0.05) is 23.7 Å². The van der Waals surface area contributed by atoms with E-state index in [9.17, 15) is 13.6 Å². The van der Waals surface area contributed by atoms with Crippen molar-refractivity contribution in [2.45, 2.75) is 6.54 Å². The Kier molecular flexibility index (Phi) is 5.11. The number of halogens is 3. The molecule has 1 fully saturated rings. The van der Waals surface area contributed by atoms with Gasteiger partial charge in [0.05, 0.1) is 0 Å². The molecule has 24 heavy (non-hydrogen) atoms. The van der Waals surface area contributed by atoms with Gasteiger partial charge in [-0.15, -0.1) is 0 Å². The Hall–Kier alpha value is -1.98. The van der Waals surface area contributed by atoms with E-state index < -0.39 is 11.6 Å². The Balaban J connectivity index is 1.59. The quantitative estimate of drug-likeness (QED) is 0.844. The minimum atomic E-state index is -0.738. The summed E-state index contributed by atoms with van der Waals surface area (Å²) in [6.45, 7) is 3.22. The lowest BCUT2D eigenvalue weighted by molar-refractivity contribution is 0.0627. The first-order valence-electron chi connectivity index (χ1n) is 7.73. The number of rotatable bonds is 3. The predicted octanol–water partition coefficient (Wildman–Crippen LogP) is 3.58. The standard InChI is InChI=1S/C18H17ClF2N2O/c19-15-3-1-2-13(8-15)12-22-4-6-23(7-5-22)18(24)14-9-16(20)11-17(21)10-14/h1-3,8-11H,4-7,12H2. The van der Waals surface area contributed by atoms with E-state index in [4.69, 9.17) is 11.6 Å². The molecule has 0 saturated carbocycles. The Morgan fingerprint density at radius 3 is 2.29 bits per heavy atom. The van der Waals surface area contributed by atoms with E-state index >= 15 is 0 Å². The van der Waals surface area contributed by atoms with Crippen LogP contribution in [0, 0.1) is 11.6 Å². The third kappa shape index (κ3) is 4.10. The summed E-state index contributed by atoms with van der Waals surface area (Å²) >= 11 is 5.99. The Morgan fingerprint density at radius 2 is 1.67 bits per heavy atom. The molecule has 3 nitrogen and oxygen atoms in total. The van der Waals surface area contributed by atoms with Crippen LogP contribution in [0.5, 0.6) is 0 Å². The molecule has 1 saturated heterocycles. The summed E-state index contributed by atoms with van der Waals surface area (Å²) in [5.41, 5.74) is 1.17. The summed E-state index contributed by atoms with van der Waals surface area (Å²) in [7, 11) is 0. The van der Waals surface area contributed by atoms with Gasteiger partial charge in [-0.25, -0.2) is 8.78 Å². The highest BCUT2D eigenvalue weighted by atomic mass is 35.5. The molecule has 0 aliphatic carbocycles. The van der Waals surface area contributed by atoms with Crippen molar-refractivity contribution in [3.8, 4) is 0 Å².